The molecule has 1 aromatic heterocycles. The number of carbonyl (C=O) groups excluding carboxylic acids is 1. The van der Waals surface area contributed by atoms with Gasteiger partial charge in [-0.05, 0) is 63.1 Å². The highest BCUT2D eigenvalue weighted by atomic mass is 35.5. The van der Waals surface area contributed by atoms with Gasteiger partial charge in [0.1, 0.15) is 5.75 Å². The predicted molar refractivity (Wildman–Crippen MR) is 121 cm³/mol. The summed E-state index contributed by atoms with van der Waals surface area (Å²) >= 11 is 7.38. The first-order valence-electron chi connectivity index (χ1n) is 9.73. The number of hydrogen-bond acceptors (Lipinski definition) is 5. The van der Waals surface area contributed by atoms with Crippen molar-refractivity contribution in [1.82, 2.24) is 14.8 Å². The van der Waals surface area contributed by atoms with Crippen LogP contribution in [0.1, 0.15) is 36.9 Å². The number of carbonyl (C=O) groups is 1. The lowest BCUT2D eigenvalue weighted by Crippen LogP contribution is -2.16. The van der Waals surface area contributed by atoms with Gasteiger partial charge in [0.25, 0.3) is 0 Å². The Morgan fingerprint density at radius 3 is 2.67 bits per heavy atom. The van der Waals surface area contributed by atoms with E-state index < -0.39 is 0 Å². The summed E-state index contributed by atoms with van der Waals surface area (Å²) in [5, 5.41) is 12.9. The summed E-state index contributed by atoms with van der Waals surface area (Å²) in [6, 6.07) is 13.2. The zero-order valence-electron chi connectivity index (χ0n) is 17.5. The zero-order valence-corrected chi connectivity index (χ0v) is 19.0. The van der Waals surface area contributed by atoms with Crippen molar-refractivity contribution in [1.29, 1.82) is 0 Å². The van der Waals surface area contributed by atoms with Crippen molar-refractivity contribution >= 4 is 35.0 Å². The number of nitrogens with one attached hydrogen (secondary N) is 1. The van der Waals surface area contributed by atoms with Crippen LogP contribution >= 0.6 is 23.4 Å². The number of nitrogens with zero attached hydrogens (tertiary/aromatic N) is 3. The molecule has 30 heavy (non-hydrogen) atoms. The molecule has 0 fully saturated rings. The number of benzene rings is 2. The van der Waals surface area contributed by atoms with Gasteiger partial charge in [0.05, 0.1) is 5.75 Å². The number of aromatic nitrogens is 3. The number of halogens is 1. The van der Waals surface area contributed by atoms with Gasteiger partial charge in [-0.25, -0.2) is 0 Å². The Kier molecular flexibility index (Phi) is 7.39. The van der Waals surface area contributed by atoms with E-state index in [2.05, 4.69) is 15.5 Å². The minimum absolute atomic E-state index is 0.0809. The fraction of sp³-hybridized carbons (Fsp3) is 0.318. The molecule has 1 heterocycles. The van der Waals surface area contributed by atoms with Gasteiger partial charge in [-0.2, -0.15) is 0 Å². The Hall–Kier alpha value is -2.51. The third-order valence-electron chi connectivity index (χ3n) is 4.62. The molecule has 0 aliphatic heterocycles. The number of amides is 1. The van der Waals surface area contributed by atoms with Gasteiger partial charge in [-0.3, -0.25) is 4.79 Å². The Bertz CT molecular complexity index is 1040. The van der Waals surface area contributed by atoms with E-state index in [1.165, 1.54) is 11.8 Å². The largest absolute Gasteiger partial charge is 0.482 e. The van der Waals surface area contributed by atoms with E-state index in [1.807, 2.05) is 68.7 Å². The third kappa shape index (κ3) is 5.34. The highest BCUT2D eigenvalue weighted by Crippen LogP contribution is 2.28. The van der Waals surface area contributed by atoms with Crippen LogP contribution in [-0.2, 0) is 11.3 Å². The minimum Gasteiger partial charge on any atom is -0.482 e. The predicted octanol–water partition coefficient (Wildman–Crippen LogP) is 5.44. The van der Waals surface area contributed by atoms with Gasteiger partial charge < -0.3 is 14.6 Å². The average Bonchev–Trinajstić information content (AvgIpc) is 3.13. The Morgan fingerprint density at radius 1 is 1.20 bits per heavy atom. The molecule has 0 bridgehead atoms. The number of aryl methyl sites for hydroxylation is 2. The Labute approximate surface area is 186 Å². The Morgan fingerprint density at radius 2 is 1.97 bits per heavy atom. The van der Waals surface area contributed by atoms with Crippen LogP contribution in [0.25, 0.3) is 0 Å². The van der Waals surface area contributed by atoms with E-state index in [9.17, 15) is 4.79 Å². The summed E-state index contributed by atoms with van der Waals surface area (Å²) in [4.78, 5) is 12.4. The SMILES string of the molecule is CCn1c(SCC(=O)Nc2ccccc2C)nnc1C(C)Oc1ccc(Cl)cc1C. The van der Waals surface area contributed by atoms with Crippen LogP contribution in [0, 0.1) is 13.8 Å². The molecule has 158 valence electrons. The second-order valence-corrected chi connectivity index (χ2v) is 8.29. The second kappa shape index (κ2) is 10.00. The molecular weight excluding hydrogens is 420 g/mol. The number of anilines is 1. The van der Waals surface area contributed by atoms with E-state index in [4.69, 9.17) is 16.3 Å². The lowest BCUT2D eigenvalue weighted by Gasteiger charge is -2.17. The molecule has 1 amide bonds. The highest BCUT2D eigenvalue weighted by Gasteiger charge is 2.20. The fourth-order valence-corrected chi connectivity index (χ4v) is 4.06. The third-order valence-corrected chi connectivity index (χ3v) is 5.82. The number of rotatable bonds is 8. The lowest BCUT2D eigenvalue weighted by molar-refractivity contribution is -0.113. The molecule has 1 unspecified atom stereocenters. The molecule has 2 aromatic carbocycles. The maximum atomic E-state index is 12.4. The van der Waals surface area contributed by atoms with E-state index in [1.54, 1.807) is 6.07 Å². The van der Waals surface area contributed by atoms with Crippen molar-refractivity contribution in [2.75, 3.05) is 11.1 Å². The molecule has 6 nitrogen and oxygen atoms in total. The van der Waals surface area contributed by atoms with Gasteiger partial charge in [0.15, 0.2) is 17.1 Å². The Balaban J connectivity index is 1.66. The van der Waals surface area contributed by atoms with Crippen LogP contribution in [0.15, 0.2) is 47.6 Å². The molecule has 0 saturated heterocycles. The summed E-state index contributed by atoms with van der Waals surface area (Å²) in [6.45, 7) is 8.55. The maximum absolute atomic E-state index is 12.4. The summed E-state index contributed by atoms with van der Waals surface area (Å²) in [7, 11) is 0. The monoisotopic (exact) mass is 444 g/mol. The van der Waals surface area contributed by atoms with Crippen LogP contribution < -0.4 is 10.1 Å². The molecule has 0 radical (unpaired) electrons. The first kappa shape index (κ1) is 22.2. The highest BCUT2D eigenvalue weighted by molar-refractivity contribution is 7.99. The second-order valence-electron chi connectivity index (χ2n) is 6.91. The van der Waals surface area contributed by atoms with Crippen LogP contribution in [0.5, 0.6) is 5.75 Å². The van der Waals surface area contributed by atoms with Crippen molar-refractivity contribution in [3.63, 3.8) is 0 Å². The summed E-state index contributed by atoms with van der Waals surface area (Å²) in [5.74, 6) is 1.64. The summed E-state index contributed by atoms with van der Waals surface area (Å²) in [6.07, 6.45) is -0.299. The van der Waals surface area contributed by atoms with Crippen molar-refractivity contribution in [2.24, 2.45) is 0 Å². The van der Waals surface area contributed by atoms with Gasteiger partial charge in [0.2, 0.25) is 5.91 Å². The number of ether oxygens (including phenoxy) is 1. The molecule has 1 atom stereocenters. The van der Waals surface area contributed by atoms with Crippen molar-refractivity contribution in [3.8, 4) is 5.75 Å². The minimum atomic E-state index is -0.299. The number of thioether (sulfide) groups is 1. The van der Waals surface area contributed by atoms with Crippen LogP contribution in [0.4, 0.5) is 5.69 Å². The molecule has 8 heteroatoms. The van der Waals surface area contributed by atoms with Gasteiger partial charge >= 0.3 is 0 Å². The summed E-state index contributed by atoms with van der Waals surface area (Å²) < 4.78 is 8.06. The number of para-hydroxylation sites is 1. The molecule has 1 N–H and O–H groups in total. The molecule has 0 aliphatic carbocycles. The molecule has 3 aromatic rings. The molecule has 0 saturated carbocycles. The normalized spacial score (nSPS) is 11.9. The van der Waals surface area contributed by atoms with Crippen LogP contribution in [0.3, 0.4) is 0 Å². The van der Waals surface area contributed by atoms with E-state index in [0.29, 0.717) is 22.5 Å². The lowest BCUT2D eigenvalue weighted by atomic mass is 10.2. The molecule has 3 rings (SSSR count). The van der Waals surface area contributed by atoms with E-state index in [-0.39, 0.29) is 17.8 Å². The van der Waals surface area contributed by atoms with Crippen LogP contribution in [-0.4, -0.2) is 26.4 Å². The van der Waals surface area contributed by atoms with Gasteiger partial charge in [-0.1, -0.05) is 41.6 Å². The van der Waals surface area contributed by atoms with Crippen molar-refractivity contribution in [3.05, 3.63) is 64.4 Å². The summed E-state index contributed by atoms with van der Waals surface area (Å²) in [5.41, 5.74) is 2.80. The van der Waals surface area contributed by atoms with Crippen molar-refractivity contribution < 1.29 is 9.53 Å². The fourth-order valence-electron chi connectivity index (χ4n) is 3.02. The van der Waals surface area contributed by atoms with E-state index in [0.717, 1.165) is 22.6 Å². The first-order chi connectivity index (χ1) is 14.4. The smallest absolute Gasteiger partial charge is 0.234 e. The topological polar surface area (TPSA) is 69.0 Å². The van der Waals surface area contributed by atoms with Crippen molar-refractivity contribution in [2.45, 2.75) is 45.5 Å². The standard InChI is InChI=1S/C22H25ClN4O2S/c1-5-27-21(16(4)29-19-11-10-17(23)12-15(19)3)25-26-22(27)30-13-20(28)24-18-9-7-6-8-14(18)2/h6-12,16H,5,13H2,1-4H3,(H,24,28). The van der Waals surface area contributed by atoms with E-state index >= 15 is 0 Å². The average molecular weight is 445 g/mol. The molecular formula is C22H25ClN4O2S. The maximum Gasteiger partial charge on any atom is 0.234 e. The van der Waals surface area contributed by atoms with Gasteiger partial charge in [-0.15, -0.1) is 10.2 Å². The quantitative estimate of drug-likeness (QED) is 0.468. The molecule has 0 spiro atoms. The zero-order chi connectivity index (χ0) is 21.7. The first-order valence-corrected chi connectivity index (χ1v) is 11.1. The number of hydrogen-bond donors (Lipinski definition) is 1. The molecule has 0 aliphatic rings. The van der Waals surface area contributed by atoms with Crippen LogP contribution in [0.2, 0.25) is 5.02 Å². The van der Waals surface area contributed by atoms with Gasteiger partial charge in [0, 0.05) is 17.3 Å².